The standard InChI is InChI=1S/C14H16N2O3S2/c1-3-13(17)15-11-6-4-7-12(10(11)2)16-21(18,19)14-8-5-9-20-14/h4-9,16H,3H2,1-2H3,(H,15,17). The monoisotopic (exact) mass is 324 g/mol. The zero-order chi connectivity index (χ0) is 15.5. The van der Waals surface area contributed by atoms with Crippen molar-refractivity contribution in [3.8, 4) is 0 Å². The summed E-state index contributed by atoms with van der Waals surface area (Å²) >= 11 is 1.15. The molecule has 0 bridgehead atoms. The molecule has 0 aliphatic heterocycles. The number of thiophene rings is 1. The van der Waals surface area contributed by atoms with Gasteiger partial charge in [-0.1, -0.05) is 19.1 Å². The van der Waals surface area contributed by atoms with Crippen molar-refractivity contribution >= 4 is 38.6 Å². The van der Waals surface area contributed by atoms with E-state index in [9.17, 15) is 13.2 Å². The van der Waals surface area contributed by atoms with Gasteiger partial charge in [-0.15, -0.1) is 11.3 Å². The summed E-state index contributed by atoms with van der Waals surface area (Å²) < 4.78 is 27.2. The Hall–Kier alpha value is -1.86. The molecule has 1 aromatic heterocycles. The first-order valence-electron chi connectivity index (χ1n) is 6.40. The predicted molar refractivity (Wildman–Crippen MR) is 85.2 cm³/mol. The van der Waals surface area contributed by atoms with Gasteiger partial charge in [-0.05, 0) is 36.1 Å². The maximum Gasteiger partial charge on any atom is 0.271 e. The molecule has 0 saturated carbocycles. The van der Waals surface area contributed by atoms with Crippen LogP contribution in [-0.4, -0.2) is 14.3 Å². The number of carbonyl (C=O) groups is 1. The molecule has 0 saturated heterocycles. The van der Waals surface area contributed by atoms with Gasteiger partial charge in [0.1, 0.15) is 4.21 Å². The zero-order valence-corrected chi connectivity index (χ0v) is 13.3. The number of nitrogens with one attached hydrogen (secondary N) is 2. The molecule has 0 fully saturated rings. The van der Waals surface area contributed by atoms with Crippen LogP contribution in [-0.2, 0) is 14.8 Å². The summed E-state index contributed by atoms with van der Waals surface area (Å²) in [5.74, 6) is -0.114. The highest BCUT2D eigenvalue weighted by Gasteiger charge is 2.17. The summed E-state index contributed by atoms with van der Waals surface area (Å²) in [6.07, 6.45) is 0.366. The van der Waals surface area contributed by atoms with Crippen LogP contribution in [0.15, 0.2) is 39.9 Å². The summed E-state index contributed by atoms with van der Waals surface area (Å²) in [7, 11) is -3.59. The highest BCUT2D eigenvalue weighted by Crippen LogP contribution is 2.27. The largest absolute Gasteiger partial charge is 0.326 e. The van der Waals surface area contributed by atoms with Gasteiger partial charge < -0.3 is 5.32 Å². The van der Waals surface area contributed by atoms with Crippen LogP contribution in [0.5, 0.6) is 0 Å². The molecule has 2 N–H and O–H groups in total. The van der Waals surface area contributed by atoms with Gasteiger partial charge in [0.15, 0.2) is 0 Å². The van der Waals surface area contributed by atoms with E-state index in [-0.39, 0.29) is 10.1 Å². The molecule has 5 nitrogen and oxygen atoms in total. The van der Waals surface area contributed by atoms with Crippen LogP contribution in [0.2, 0.25) is 0 Å². The van der Waals surface area contributed by atoms with Crippen LogP contribution in [0.1, 0.15) is 18.9 Å². The fourth-order valence-electron chi connectivity index (χ4n) is 1.73. The third-order valence-corrected chi connectivity index (χ3v) is 5.70. The molecule has 2 aromatic rings. The number of benzene rings is 1. The summed E-state index contributed by atoms with van der Waals surface area (Å²) in [5, 5.41) is 4.46. The number of amides is 1. The number of anilines is 2. The summed E-state index contributed by atoms with van der Waals surface area (Å²) in [6.45, 7) is 3.52. The number of hydrogen-bond acceptors (Lipinski definition) is 4. The lowest BCUT2D eigenvalue weighted by molar-refractivity contribution is -0.115. The average Bonchev–Trinajstić information content (AvgIpc) is 2.98. The number of carbonyl (C=O) groups excluding carboxylic acids is 1. The van der Waals surface area contributed by atoms with E-state index in [1.165, 1.54) is 0 Å². The maximum absolute atomic E-state index is 12.2. The highest BCUT2D eigenvalue weighted by atomic mass is 32.2. The lowest BCUT2D eigenvalue weighted by Crippen LogP contribution is -2.14. The summed E-state index contributed by atoms with van der Waals surface area (Å²) in [5.41, 5.74) is 1.74. The molecule has 0 aliphatic rings. The normalized spacial score (nSPS) is 11.1. The van der Waals surface area contributed by atoms with Crippen molar-refractivity contribution in [3.63, 3.8) is 0 Å². The lowest BCUT2D eigenvalue weighted by atomic mass is 10.1. The van der Waals surface area contributed by atoms with Gasteiger partial charge >= 0.3 is 0 Å². The minimum absolute atomic E-state index is 0.114. The second-order valence-corrected chi connectivity index (χ2v) is 7.27. The molecule has 0 aliphatic carbocycles. The summed E-state index contributed by atoms with van der Waals surface area (Å²) in [6, 6.07) is 8.34. The molecule has 0 atom stereocenters. The van der Waals surface area contributed by atoms with Gasteiger partial charge in [-0.25, -0.2) is 8.42 Å². The fraction of sp³-hybridized carbons (Fsp3) is 0.214. The van der Waals surface area contributed by atoms with Crippen molar-refractivity contribution in [3.05, 3.63) is 41.3 Å². The van der Waals surface area contributed by atoms with Crippen LogP contribution in [0.4, 0.5) is 11.4 Å². The Morgan fingerprint density at radius 1 is 1.19 bits per heavy atom. The minimum atomic E-state index is -3.59. The van der Waals surface area contributed by atoms with Crippen LogP contribution >= 0.6 is 11.3 Å². The average molecular weight is 324 g/mol. The van der Waals surface area contributed by atoms with Crippen LogP contribution < -0.4 is 10.0 Å². The van der Waals surface area contributed by atoms with Gasteiger partial charge in [0.2, 0.25) is 5.91 Å². The Labute approximate surface area is 128 Å². The van der Waals surface area contributed by atoms with E-state index in [0.717, 1.165) is 11.3 Å². The van der Waals surface area contributed by atoms with Crippen molar-refractivity contribution in [2.75, 3.05) is 10.0 Å². The second kappa shape index (κ2) is 6.28. The van der Waals surface area contributed by atoms with Crippen LogP contribution in [0.25, 0.3) is 0 Å². The zero-order valence-electron chi connectivity index (χ0n) is 11.7. The van der Waals surface area contributed by atoms with Crippen molar-refractivity contribution in [2.45, 2.75) is 24.5 Å². The molecule has 21 heavy (non-hydrogen) atoms. The van der Waals surface area contributed by atoms with E-state index >= 15 is 0 Å². The third-order valence-electron chi connectivity index (χ3n) is 2.93. The molecule has 0 radical (unpaired) electrons. The Morgan fingerprint density at radius 3 is 2.52 bits per heavy atom. The quantitative estimate of drug-likeness (QED) is 0.887. The third kappa shape index (κ3) is 3.62. The molecule has 7 heteroatoms. The van der Waals surface area contributed by atoms with E-state index in [1.807, 2.05) is 0 Å². The van der Waals surface area contributed by atoms with E-state index in [0.29, 0.717) is 23.4 Å². The highest BCUT2D eigenvalue weighted by molar-refractivity contribution is 7.94. The van der Waals surface area contributed by atoms with Gasteiger partial charge in [-0.3, -0.25) is 9.52 Å². The SMILES string of the molecule is CCC(=O)Nc1cccc(NS(=O)(=O)c2cccs2)c1C. The Morgan fingerprint density at radius 2 is 1.90 bits per heavy atom. The number of sulfonamides is 1. The topological polar surface area (TPSA) is 75.3 Å². The van der Waals surface area contributed by atoms with E-state index in [2.05, 4.69) is 10.0 Å². The first kappa shape index (κ1) is 15.5. The molecule has 2 rings (SSSR count). The minimum Gasteiger partial charge on any atom is -0.326 e. The van der Waals surface area contributed by atoms with E-state index in [4.69, 9.17) is 0 Å². The smallest absolute Gasteiger partial charge is 0.271 e. The van der Waals surface area contributed by atoms with E-state index < -0.39 is 10.0 Å². The van der Waals surface area contributed by atoms with Crippen LogP contribution in [0, 0.1) is 6.92 Å². The lowest BCUT2D eigenvalue weighted by Gasteiger charge is -2.13. The van der Waals surface area contributed by atoms with Crippen LogP contribution in [0.3, 0.4) is 0 Å². The first-order chi connectivity index (χ1) is 9.94. The Bertz CT molecular complexity index is 738. The van der Waals surface area contributed by atoms with Crippen molar-refractivity contribution < 1.29 is 13.2 Å². The Balaban J connectivity index is 2.29. The molecule has 0 unspecified atom stereocenters. The number of hydrogen-bond donors (Lipinski definition) is 2. The fourth-order valence-corrected chi connectivity index (χ4v) is 3.85. The predicted octanol–water partition coefficient (Wildman–Crippen LogP) is 3.21. The Kier molecular flexibility index (Phi) is 4.64. The number of rotatable bonds is 5. The van der Waals surface area contributed by atoms with Gasteiger partial charge in [-0.2, -0.15) is 0 Å². The first-order valence-corrected chi connectivity index (χ1v) is 8.76. The van der Waals surface area contributed by atoms with Crippen molar-refractivity contribution in [1.29, 1.82) is 0 Å². The molecular formula is C14H16N2O3S2. The van der Waals surface area contributed by atoms with E-state index in [1.54, 1.807) is 49.6 Å². The van der Waals surface area contributed by atoms with Gasteiger partial charge in [0.25, 0.3) is 10.0 Å². The molecule has 1 amide bonds. The van der Waals surface area contributed by atoms with Crippen molar-refractivity contribution in [1.82, 2.24) is 0 Å². The van der Waals surface area contributed by atoms with Crippen molar-refractivity contribution in [2.24, 2.45) is 0 Å². The van der Waals surface area contributed by atoms with Gasteiger partial charge in [0, 0.05) is 12.1 Å². The molecule has 112 valence electrons. The molecule has 1 aromatic carbocycles. The second-order valence-electron chi connectivity index (χ2n) is 4.42. The summed E-state index contributed by atoms with van der Waals surface area (Å²) in [4.78, 5) is 11.5. The van der Waals surface area contributed by atoms with Gasteiger partial charge in [0.05, 0.1) is 5.69 Å². The molecule has 0 spiro atoms. The molecule has 1 heterocycles. The maximum atomic E-state index is 12.2. The molecular weight excluding hydrogens is 308 g/mol.